The zero-order valence-electron chi connectivity index (χ0n) is 8.35. The Bertz CT molecular complexity index is 417. The van der Waals surface area contributed by atoms with Crippen molar-refractivity contribution in [2.75, 3.05) is 5.33 Å². The van der Waals surface area contributed by atoms with Crippen LogP contribution in [0.2, 0.25) is 0 Å². The molecule has 94 valence electrons. The third-order valence-electron chi connectivity index (χ3n) is 1.80. The molecule has 0 aliphatic heterocycles. The fourth-order valence-electron chi connectivity index (χ4n) is 1.18. The van der Waals surface area contributed by atoms with Crippen molar-refractivity contribution in [3.8, 4) is 5.75 Å². The standard InChI is InChI=1S/C10H7BrF4O2/c11-5-7(16)4-6-2-1-3-8(12)9(6)17-10(13,14)15/h1-3H,4-5H2. The highest BCUT2D eigenvalue weighted by Crippen LogP contribution is 2.29. The smallest absolute Gasteiger partial charge is 0.402 e. The zero-order chi connectivity index (χ0) is 13.1. The van der Waals surface area contributed by atoms with E-state index in [-0.39, 0.29) is 23.1 Å². The molecule has 7 heteroatoms. The van der Waals surface area contributed by atoms with Crippen LogP contribution >= 0.6 is 15.9 Å². The fourth-order valence-corrected chi connectivity index (χ4v) is 1.38. The lowest BCUT2D eigenvalue weighted by molar-refractivity contribution is -0.275. The number of carbonyl (C=O) groups is 1. The minimum absolute atomic E-state index is 0.0189. The lowest BCUT2D eigenvalue weighted by Gasteiger charge is -2.13. The van der Waals surface area contributed by atoms with E-state index >= 15 is 0 Å². The number of carbonyl (C=O) groups excluding carboxylic acids is 1. The molecule has 2 nitrogen and oxygen atoms in total. The normalized spacial score (nSPS) is 11.4. The van der Waals surface area contributed by atoms with Crippen LogP contribution in [0.25, 0.3) is 0 Å². The molecule has 0 aliphatic carbocycles. The van der Waals surface area contributed by atoms with Crippen LogP contribution in [0.15, 0.2) is 18.2 Å². The van der Waals surface area contributed by atoms with Gasteiger partial charge in [-0.2, -0.15) is 0 Å². The second-order valence-electron chi connectivity index (χ2n) is 3.12. The molecule has 0 bridgehead atoms. The highest BCUT2D eigenvalue weighted by molar-refractivity contribution is 9.09. The molecule has 0 fully saturated rings. The number of para-hydroxylation sites is 1. The summed E-state index contributed by atoms with van der Waals surface area (Å²) >= 11 is 2.87. The molecule has 0 saturated heterocycles. The summed E-state index contributed by atoms with van der Waals surface area (Å²) in [5, 5.41) is -0.0189. The molecule has 0 aliphatic rings. The minimum atomic E-state index is -4.99. The molecule has 0 amide bonds. The number of ether oxygens (including phenoxy) is 1. The Labute approximate surface area is 103 Å². The van der Waals surface area contributed by atoms with E-state index in [2.05, 4.69) is 20.7 Å². The van der Waals surface area contributed by atoms with Gasteiger partial charge in [-0.3, -0.25) is 4.79 Å². The van der Waals surface area contributed by atoms with E-state index in [1.54, 1.807) is 0 Å². The lowest BCUT2D eigenvalue weighted by Crippen LogP contribution is -2.19. The Morgan fingerprint density at radius 2 is 2.00 bits per heavy atom. The van der Waals surface area contributed by atoms with Gasteiger partial charge in [-0.1, -0.05) is 28.1 Å². The van der Waals surface area contributed by atoms with E-state index in [1.807, 2.05) is 0 Å². The SMILES string of the molecule is O=C(CBr)Cc1cccc(F)c1OC(F)(F)F. The van der Waals surface area contributed by atoms with Gasteiger partial charge in [0.2, 0.25) is 0 Å². The summed E-state index contributed by atoms with van der Waals surface area (Å²) in [5.74, 6) is -2.47. The Morgan fingerprint density at radius 3 is 2.53 bits per heavy atom. The molecular formula is C10H7BrF4O2. The van der Waals surface area contributed by atoms with Crippen LogP contribution in [0.1, 0.15) is 5.56 Å². The molecule has 1 rings (SSSR count). The summed E-state index contributed by atoms with van der Waals surface area (Å²) in [5.41, 5.74) is -0.133. The third kappa shape index (κ3) is 4.33. The summed E-state index contributed by atoms with van der Waals surface area (Å²) in [4.78, 5) is 11.1. The molecule has 0 heterocycles. The van der Waals surface area contributed by atoms with E-state index < -0.39 is 17.9 Å². The number of rotatable bonds is 4. The third-order valence-corrected chi connectivity index (χ3v) is 2.43. The fraction of sp³-hybridized carbons (Fsp3) is 0.300. The van der Waals surface area contributed by atoms with Gasteiger partial charge in [0.05, 0.1) is 5.33 Å². The average Bonchev–Trinajstić information content (AvgIpc) is 2.21. The van der Waals surface area contributed by atoms with Gasteiger partial charge in [-0.05, 0) is 6.07 Å². The van der Waals surface area contributed by atoms with E-state index in [1.165, 1.54) is 12.1 Å². The first-order chi connectivity index (χ1) is 7.83. The first kappa shape index (κ1) is 14.0. The molecule has 1 aromatic carbocycles. The van der Waals surface area contributed by atoms with Gasteiger partial charge in [0, 0.05) is 12.0 Å². The predicted molar refractivity (Wildman–Crippen MR) is 55.6 cm³/mol. The summed E-state index contributed by atoms with van der Waals surface area (Å²) < 4.78 is 52.9. The van der Waals surface area contributed by atoms with Crippen molar-refractivity contribution in [1.29, 1.82) is 0 Å². The lowest BCUT2D eigenvalue weighted by atomic mass is 10.1. The predicted octanol–water partition coefficient (Wildman–Crippen LogP) is 3.23. The van der Waals surface area contributed by atoms with Crippen molar-refractivity contribution < 1.29 is 27.1 Å². The van der Waals surface area contributed by atoms with Crippen LogP contribution < -0.4 is 4.74 Å². The van der Waals surface area contributed by atoms with E-state index in [4.69, 9.17) is 0 Å². The average molecular weight is 315 g/mol. The van der Waals surface area contributed by atoms with Crippen LogP contribution in [0.3, 0.4) is 0 Å². The maximum Gasteiger partial charge on any atom is 0.573 e. The van der Waals surface area contributed by atoms with Gasteiger partial charge >= 0.3 is 6.36 Å². The van der Waals surface area contributed by atoms with E-state index in [9.17, 15) is 22.4 Å². The molecule has 0 unspecified atom stereocenters. The van der Waals surface area contributed by atoms with Gasteiger partial charge in [0.1, 0.15) is 5.78 Å². The van der Waals surface area contributed by atoms with Gasteiger partial charge in [-0.15, -0.1) is 13.2 Å². The number of hydrogen-bond donors (Lipinski definition) is 0. The molecule has 0 spiro atoms. The molecule has 0 saturated carbocycles. The number of ketones is 1. The summed E-state index contributed by atoms with van der Waals surface area (Å²) in [6, 6.07) is 3.27. The summed E-state index contributed by atoms with van der Waals surface area (Å²) in [6.07, 6.45) is -5.32. The first-order valence-corrected chi connectivity index (χ1v) is 5.56. The molecule has 17 heavy (non-hydrogen) atoms. The summed E-state index contributed by atoms with van der Waals surface area (Å²) in [7, 11) is 0. The highest BCUT2D eigenvalue weighted by atomic mass is 79.9. The Balaban J connectivity index is 3.04. The Morgan fingerprint density at radius 1 is 1.35 bits per heavy atom. The molecule has 1 aromatic rings. The highest BCUT2D eigenvalue weighted by Gasteiger charge is 2.33. The minimum Gasteiger partial charge on any atom is -0.402 e. The van der Waals surface area contributed by atoms with Crippen molar-refractivity contribution in [2.24, 2.45) is 0 Å². The maximum atomic E-state index is 13.2. The second-order valence-corrected chi connectivity index (χ2v) is 3.69. The zero-order valence-corrected chi connectivity index (χ0v) is 9.94. The Kier molecular flexibility index (Phi) is 4.50. The van der Waals surface area contributed by atoms with Crippen molar-refractivity contribution in [3.63, 3.8) is 0 Å². The molecule has 0 aromatic heterocycles. The van der Waals surface area contributed by atoms with Gasteiger partial charge < -0.3 is 4.74 Å². The van der Waals surface area contributed by atoms with Crippen LogP contribution in [0.4, 0.5) is 17.6 Å². The van der Waals surface area contributed by atoms with Crippen LogP contribution in [-0.4, -0.2) is 17.5 Å². The number of hydrogen-bond acceptors (Lipinski definition) is 2. The monoisotopic (exact) mass is 314 g/mol. The largest absolute Gasteiger partial charge is 0.573 e. The van der Waals surface area contributed by atoms with Crippen molar-refractivity contribution in [2.45, 2.75) is 12.8 Å². The molecular weight excluding hydrogens is 308 g/mol. The van der Waals surface area contributed by atoms with Crippen molar-refractivity contribution in [1.82, 2.24) is 0 Å². The van der Waals surface area contributed by atoms with E-state index in [0.717, 1.165) is 6.07 Å². The number of benzene rings is 1. The molecule has 0 atom stereocenters. The number of halogens is 5. The molecule has 0 radical (unpaired) electrons. The van der Waals surface area contributed by atoms with E-state index in [0.29, 0.717) is 0 Å². The number of Topliss-reactive ketones (excluding diaryl/α,β-unsaturated/α-hetero) is 1. The first-order valence-electron chi connectivity index (χ1n) is 4.44. The Hall–Kier alpha value is -1.11. The quantitative estimate of drug-likeness (QED) is 0.630. The van der Waals surface area contributed by atoms with Gasteiger partial charge in [0.15, 0.2) is 11.6 Å². The van der Waals surface area contributed by atoms with Crippen molar-refractivity contribution in [3.05, 3.63) is 29.6 Å². The van der Waals surface area contributed by atoms with Gasteiger partial charge in [0.25, 0.3) is 0 Å². The molecule has 0 N–H and O–H groups in total. The van der Waals surface area contributed by atoms with Crippen LogP contribution in [0, 0.1) is 5.82 Å². The van der Waals surface area contributed by atoms with Crippen LogP contribution in [-0.2, 0) is 11.2 Å². The number of alkyl halides is 4. The van der Waals surface area contributed by atoms with Gasteiger partial charge in [-0.25, -0.2) is 4.39 Å². The second kappa shape index (κ2) is 5.48. The summed E-state index contributed by atoms with van der Waals surface area (Å²) in [6.45, 7) is 0. The topological polar surface area (TPSA) is 26.3 Å². The van der Waals surface area contributed by atoms with Crippen LogP contribution in [0.5, 0.6) is 5.75 Å². The maximum absolute atomic E-state index is 13.2. The van der Waals surface area contributed by atoms with Crippen molar-refractivity contribution >= 4 is 21.7 Å².